The summed E-state index contributed by atoms with van der Waals surface area (Å²) in [5.41, 5.74) is 0. The molecule has 2 nitrogen and oxygen atoms in total. The molecule has 1 saturated heterocycles. The maximum absolute atomic E-state index is 2.89. The molecule has 26 heavy (non-hydrogen) atoms. The van der Waals surface area contributed by atoms with Gasteiger partial charge in [0.1, 0.15) is 0 Å². The van der Waals surface area contributed by atoms with E-state index in [0.29, 0.717) is 0 Å². The Labute approximate surface area is 165 Å². The lowest BCUT2D eigenvalue weighted by Gasteiger charge is -2.50. The van der Waals surface area contributed by atoms with Crippen LogP contribution >= 0.6 is 0 Å². The van der Waals surface area contributed by atoms with Gasteiger partial charge in [0.15, 0.2) is 0 Å². The first kappa shape index (κ1) is 22.2. The molecule has 0 aromatic rings. The van der Waals surface area contributed by atoms with Crippen LogP contribution in [-0.4, -0.2) is 48.1 Å². The summed E-state index contributed by atoms with van der Waals surface area (Å²) in [7, 11) is 0. The van der Waals surface area contributed by atoms with Crippen LogP contribution in [0.4, 0.5) is 0 Å². The maximum atomic E-state index is 2.89. The lowest BCUT2D eigenvalue weighted by molar-refractivity contribution is -0.00547. The Bertz CT molecular complexity index is 298. The molecular formula is C24H48N2. The third-order valence-electron chi connectivity index (χ3n) is 6.90. The van der Waals surface area contributed by atoms with Crippen molar-refractivity contribution < 1.29 is 0 Å². The molecule has 0 aromatic carbocycles. The molecule has 1 saturated carbocycles. The van der Waals surface area contributed by atoms with E-state index < -0.39 is 0 Å². The molecule has 0 amide bonds. The van der Waals surface area contributed by atoms with Crippen molar-refractivity contribution in [3.63, 3.8) is 0 Å². The summed E-state index contributed by atoms with van der Waals surface area (Å²) >= 11 is 0. The van der Waals surface area contributed by atoms with Crippen LogP contribution < -0.4 is 0 Å². The van der Waals surface area contributed by atoms with Crippen molar-refractivity contribution in [3.8, 4) is 0 Å². The van der Waals surface area contributed by atoms with Crippen LogP contribution in [0.5, 0.6) is 0 Å². The van der Waals surface area contributed by atoms with Crippen LogP contribution in [0.25, 0.3) is 0 Å². The Kier molecular flexibility index (Phi) is 12.0. The third-order valence-corrected chi connectivity index (χ3v) is 6.90. The Balaban J connectivity index is 1.66. The summed E-state index contributed by atoms with van der Waals surface area (Å²) < 4.78 is 0. The van der Waals surface area contributed by atoms with Crippen molar-refractivity contribution in [2.45, 2.75) is 129 Å². The first-order valence-corrected chi connectivity index (χ1v) is 12.3. The Morgan fingerprint density at radius 1 is 0.538 bits per heavy atom. The second-order valence-corrected chi connectivity index (χ2v) is 9.03. The van der Waals surface area contributed by atoms with Gasteiger partial charge in [-0.3, -0.25) is 9.80 Å². The molecule has 0 spiro atoms. The third kappa shape index (κ3) is 7.89. The lowest BCUT2D eigenvalue weighted by Crippen LogP contribution is -2.60. The highest BCUT2D eigenvalue weighted by Crippen LogP contribution is 2.31. The molecule has 1 aliphatic heterocycles. The van der Waals surface area contributed by atoms with Crippen LogP contribution in [-0.2, 0) is 0 Å². The standard InChI is InChI=1S/C24H48N2/c1-3-5-7-9-11-15-19-25-21-22-26(20-16-12-10-8-6-4-2)24-18-14-13-17-23(24)25/h23-24H,3-22H2,1-2H3/t23-,24-/m0/s1. The molecular weight excluding hydrogens is 316 g/mol. The number of nitrogens with zero attached hydrogens (tertiary/aromatic N) is 2. The number of rotatable bonds is 14. The zero-order valence-corrected chi connectivity index (χ0v) is 18.2. The number of unbranched alkanes of at least 4 members (excludes halogenated alkanes) is 10. The van der Waals surface area contributed by atoms with Crippen LogP contribution in [0.15, 0.2) is 0 Å². The molecule has 0 unspecified atom stereocenters. The zero-order chi connectivity index (χ0) is 18.5. The van der Waals surface area contributed by atoms with Gasteiger partial charge in [0.2, 0.25) is 0 Å². The van der Waals surface area contributed by atoms with Gasteiger partial charge in [-0.15, -0.1) is 0 Å². The predicted octanol–water partition coefficient (Wildman–Crippen LogP) is 6.64. The number of hydrogen-bond acceptors (Lipinski definition) is 2. The van der Waals surface area contributed by atoms with Crippen molar-refractivity contribution >= 4 is 0 Å². The minimum atomic E-state index is 0.883. The molecule has 0 N–H and O–H groups in total. The SMILES string of the molecule is CCCCCCCCN1CCN(CCCCCCCC)[C@H]2CCCC[C@@H]21. The second kappa shape index (κ2) is 14.0. The summed E-state index contributed by atoms with van der Waals surface area (Å²) in [5, 5.41) is 0. The highest BCUT2D eigenvalue weighted by Gasteiger charge is 2.37. The quantitative estimate of drug-likeness (QED) is 0.319. The van der Waals surface area contributed by atoms with Crippen molar-refractivity contribution in [3.05, 3.63) is 0 Å². The minimum Gasteiger partial charge on any atom is -0.298 e. The van der Waals surface area contributed by atoms with E-state index in [9.17, 15) is 0 Å². The van der Waals surface area contributed by atoms with Gasteiger partial charge < -0.3 is 0 Å². The summed E-state index contributed by atoms with van der Waals surface area (Å²) in [6.45, 7) is 10.1. The molecule has 0 radical (unpaired) electrons. The average Bonchev–Trinajstić information content (AvgIpc) is 2.68. The zero-order valence-electron chi connectivity index (χ0n) is 18.2. The number of piperazine rings is 1. The molecule has 0 bridgehead atoms. The van der Waals surface area contributed by atoms with Gasteiger partial charge in [-0.25, -0.2) is 0 Å². The number of fused-ring (bicyclic) bond motifs is 1. The number of hydrogen-bond donors (Lipinski definition) is 0. The Morgan fingerprint density at radius 3 is 1.35 bits per heavy atom. The fourth-order valence-corrected chi connectivity index (χ4v) is 5.28. The fraction of sp³-hybridized carbons (Fsp3) is 1.00. The summed E-state index contributed by atoms with van der Waals surface area (Å²) in [5.74, 6) is 0. The smallest absolute Gasteiger partial charge is 0.0252 e. The Hall–Kier alpha value is -0.0800. The summed E-state index contributed by atoms with van der Waals surface area (Å²) in [6, 6.07) is 1.77. The maximum Gasteiger partial charge on any atom is 0.0252 e. The largest absolute Gasteiger partial charge is 0.298 e. The molecule has 2 atom stereocenters. The normalized spacial score (nSPS) is 24.7. The van der Waals surface area contributed by atoms with Gasteiger partial charge in [-0.1, -0.05) is 90.9 Å². The molecule has 2 rings (SSSR count). The average molecular weight is 365 g/mol. The van der Waals surface area contributed by atoms with E-state index in [0.717, 1.165) is 12.1 Å². The van der Waals surface area contributed by atoms with Gasteiger partial charge in [-0.05, 0) is 38.8 Å². The molecule has 1 aliphatic carbocycles. The lowest BCUT2D eigenvalue weighted by atomic mass is 9.86. The van der Waals surface area contributed by atoms with E-state index >= 15 is 0 Å². The monoisotopic (exact) mass is 364 g/mol. The van der Waals surface area contributed by atoms with E-state index in [2.05, 4.69) is 23.6 Å². The molecule has 154 valence electrons. The van der Waals surface area contributed by atoms with Crippen LogP contribution in [0.3, 0.4) is 0 Å². The highest BCUT2D eigenvalue weighted by atomic mass is 15.3. The molecule has 2 fully saturated rings. The molecule has 2 aliphatic rings. The van der Waals surface area contributed by atoms with Crippen LogP contribution in [0.1, 0.15) is 117 Å². The molecule has 2 heteroatoms. The van der Waals surface area contributed by atoms with E-state index in [1.165, 1.54) is 129 Å². The van der Waals surface area contributed by atoms with Gasteiger partial charge in [0, 0.05) is 25.2 Å². The first-order chi connectivity index (χ1) is 12.9. The summed E-state index contributed by atoms with van der Waals surface area (Å²) in [6.07, 6.45) is 23.1. The fourth-order valence-electron chi connectivity index (χ4n) is 5.28. The van der Waals surface area contributed by atoms with E-state index in [-0.39, 0.29) is 0 Å². The molecule has 1 heterocycles. The first-order valence-electron chi connectivity index (χ1n) is 12.3. The second-order valence-electron chi connectivity index (χ2n) is 9.03. The van der Waals surface area contributed by atoms with Gasteiger partial charge in [0.05, 0.1) is 0 Å². The van der Waals surface area contributed by atoms with Gasteiger partial charge in [0.25, 0.3) is 0 Å². The minimum absolute atomic E-state index is 0.883. The highest BCUT2D eigenvalue weighted by molar-refractivity contribution is 4.94. The van der Waals surface area contributed by atoms with E-state index in [1.54, 1.807) is 0 Å². The van der Waals surface area contributed by atoms with Gasteiger partial charge >= 0.3 is 0 Å². The van der Waals surface area contributed by atoms with Crippen molar-refractivity contribution in [1.29, 1.82) is 0 Å². The summed E-state index contributed by atoms with van der Waals surface area (Å²) in [4.78, 5) is 5.78. The topological polar surface area (TPSA) is 6.48 Å². The van der Waals surface area contributed by atoms with Crippen molar-refractivity contribution in [2.75, 3.05) is 26.2 Å². The molecule has 0 aromatic heterocycles. The van der Waals surface area contributed by atoms with Crippen molar-refractivity contribution in [2.24, 2.45) is 0 Å². The van der Waals surface area contributed by atoms with Gasteiger partial charge in [-0.2, -0.15) is 0 Å². The van der Waals surface area contributed by atoms with Crippen LogP contribution in [0.2, 0.25) is 0 Å². The van der Waals surface area contributed by atoms with E-state index in [1.807, 2.05) is 0 Å². The Morgan fingerprint density at radius 2 is 0.923 bits per heavy atom. The predicted molar refractivity (Wildman–Crippen MR) is 116 cm³/mol. The van der Waals surface area contributed by atoms with Crippen LogP contribution in [0, 0.1) is 0 Å². The van der Waals surface area contributed by atoms with E-state index in [4.69, 9.17) is 0 Å². The van der Waals surface area contributed by atoms with Crippen molar-refractivity contribution in [1.82, 2.24) is 9.80 Å².